The normalized spacial score (nSPS) is 10.7. The molecule has 18 heavy (non-hydrogen) atoms. The number of carboxylic acids is 1. The van der Waals surface area contributed by atoms with E-state index >= 15 is 0 Å². The van der Waals surface area contributed by atoms with Gasteiger partial charge in [0.1, 0.15) is 0 Å². The molecule has 2 N–H and O–H groups in total. The number of aromatic amines is 1. The number of fused-ring (bicyclic) bond motifs is 1. The van der Waals surface area contributed by atoms with Gasteiger partial charge in [0.15, 0.2) is 0 Å². The summed E-state index contributed by atoms with van der Waals surface area (Å²) in [6, 6.07) is 7.92. The molecule has 0 aliphatic rings. The highest BCUT2D eigenvalue weighted by atomic mass is 16.4. The van der Waals surface area contributed by atoms with E-state index < -0.39 is 5.97 Å². The second-order valence-corrected chi connectivity index (χ2v) is 4.10. The summed E-state index contributed by atoms with van der Waals surface area (Å²) in [5.74, 6) is 1.62. The highest BCUT2D eigenvalue weighted by molar-refractivity contribution is 5.83. The van der Waals surface area contributed by atoms with E-state index in [1.54, 1.807) is 4.90 Å². The molecule has 2 aromatic rings. The minimum atomic E-state index is -0.870. The number of para-hydroxylation sites is 1. The maximum Gasteiger partial charge on any atom is 0.317 e. The van der Waals surface area contributed by atoms with E-state index in [2.05, 4.69) is 10.9 Å². The number of rotatable bonds is 5. The molecular formula is C14H14N2O2. The molecule has 92 valence electrons. The van der Waals surface area contributed by atoms with Crippen LogP contribution in [0, 0.1) is 12.3 Å². The number of H-pyrrole nitrogens is 1. The van der Waals surface area contributed by atoms with Gasteiger partial charge in [0.05, 0.1) is 13.1 Å². The van der Waals surface area contributed by atoms with Gasteiger partial charge in [-0.1, -0.05) is 24.1 Å². The molecule has 4 heteroatoms. The smallest absolute Gasteiger partial charge is 0.317 e. The van der Waals surface area contributed by atoms with Crippen LogP contribution < -0.4 is 0 Å². The minimum absolute atomic E-state index is 0.0519. The van der Waals surface area contributed by atoms with Gasteiger partial charge in [-0.25, -0.2) is 0 Å². The molecule has 0 aliphatic heterocycles. The Bertz CT molecular complexity index is 595. The van der Waals surface area contributed by atoms with Crippen molar-refractivity contribution >= 4 is 16.9 Å². The van der Waals surface area contributed by atoms with E-state index in [0.29, 0.717) is 13.1 Å². The predicted molar refractivity (Wildman–Crippen MR) is 70.0 cm³/mol. The molecule has 0 amide bonds. The highest BCUT2D eigenvalue weighted by Crippen LogP contribution is 2.19. The lowest BCUT2D eigenvalue weighted by molar-refractivity contribution is -0.138. The second kappa shape index (κ2) is 5.39. The monoisotopic (exact) mass is 242 g/mol. The van der Waals surface area contributed by atoms with Gasteiger partial charge in [-0.05, 0) is 11.6 Å². The van der Waals surface area contributed by atoms with Crippen LogP contribution in [0.4, 0.5) is 0 Å². The summed E-state index contributed by atoms with van der Waals surface area (Å²) in [6.07, 6.45) is 7.15. The maximum absolute atomic E-state index is 10.8. The van der Waals surface area contributed by atoms with Gasteiger partial charge in [-0.3, -0.25) is 9.69 Å². The summed E-state index contributed by atoms with van der Waals surface area (Å²) >= 11 is 0. The van der Waals surface area contributed by atoms with Gasteiger partial charge in [0.2, 0.25) is 0 Å². The van der Waals surface area contributed by atoms with Crippen molar-refractivity contribution in [3.8, 4) is 12.3 Å². The lowest BCUT2D eigenvalue weighted by atomic mass is 10.1. The molecule has 0 radical (unpaired) electrons. The molecule has 2 rings (SSSR count). The first kappa shape index (κ1) is 12.2. The van der Waals surface area contributed by atoms with Crippen molar-refractivity contribution in [1.29, 1.82) is 0 Å². The Hall–Kier alpha value is -2.25. The average Bonchev–Trinajstić information content (AvgIpc) is 2.72. The van der Waals surface area contributed by atoms with Crippen molar-refractivity contribution in [3.05, 3.63) is 36.0 Å². The van der Waals surface area contributed by atoms with Gasteiger partial charge in [-0.2, -0.15) is 0 Å². The topological polar surface area (TPSA) is 56.3 Å². The van der Waals surface area contributed by atoms with Crippen molar-refractivity contribution in [2.45, 2.75) is 6.54 Å². The number of carboxylic acid groups (broad SMARTS) is 1. The number of nitrogens with one attached hydrogen (secondary N) is 1. The Morgan fingerprint density at radius 3 is 2.94 bits per heavy atom. The van der Waals surface area contributed by atoms with Gasteiger partial charge >= 0.3 is 5.97 Å². The molecule has 0 saturated carbocycles. The zero-order valence-electron chi connectivity index (χ0n) is 9.89. The number of carbonyl (C=O) groups is 1. The third-order valence-electron chi connectivity index (χ3n) is 2.74. The zero-order chi connectivity index (χ0) is 13.0. The van der Waals surface area contributed by atoms with Gasteiger partial charge < -0.3 is 10.1 Å². The standard InChI is InChI=1S/C14H14N2O2/c1-2-7-16(10-14(17)18)9-11-8-15-13-6-4-3-5-12(11)13/h1,3-6,8,15H,7,9-10H2,(H,17,18). The number of hydrogen-bond acceptors (Lipinski definition) is 2. The molecule has 1 aromatic heterocycles. The summed E-state index contributed by atoms with van der Waals surface area (Å²) in [4.78, 5) is 15.6. The highest BCUT2D eigenvalue weighted by Gasteiger charge is 2.11. The Morgan fingerprint density at radius 2 is 2.22 bits per heavy atom. The Balaban J connectivity index is 2.20. The van der Waals surface area contributed by atoms with Gasteiger partial charge in [0, 0.05) is 23.6 Å². The molecule has 0 atom stereocenters. The summed E-state index contributed by atoms with van der Waals surface area (Å²) in [5, 5.41) is 9.94. The molecule has 0 unspecified atom stereocenters. The SMILES string of the molecule is C#CCN(CC(=O)O)Cc1c[nH]c2ccccc12. The molecular weight excluding hydrogens is 228 g/mol. The van der Waals surface area contributed by atoms with Gasteiger partial charge in [0.25, 0.3) is 0 Å². The lowest BCUT2D eigenvalue weighted by Crippen LogP contribution is -2.29. The second-order valence-electron chi connectivity index (χ2n) is 4.10. The molecule has 4 nitrogen and oxygen atoms in total. The van der Waals surface area contributed by atoms with Crippen molar-refractivity contribution in [2.75, 3.05) is 13.1 Å². The van der Waals surface area contributed by atoms with Crippen LogP contribution in [0.3, 0.4) is 0 Å². The van der Waals surface area contributed by atoms with E-state index in [1.807, 2.05) is 30.5 Å². The molecule has 0 spiro atoms. The number of benzene rings is 1. The first-order valence-corrected chi connectivity index (χ1v) is 5.63. The first-order valence-electron chi connectivity index (χ1n) is 5.63. The molecule has 0 aliphatic carbocycles. The minimum Gasteiger partial charge on any atom is -0.480 e. The number of terminal acetylenes is 1. The van der Waals surface area contributed by atoms with E-state index in [4.69, 9.17) is 11.5 Å². The van der Waals surface area contributed by atoms with Gasteiger partial charge in [-0.15, -0.1) is 6.42 Å². The third kappa shape index (κ3) is 2.70. The molecule has 1 heterocycles. The number of hydrogen-bond donors (Lipinski definition) is 2. The summed E-state index contributed by atoms with van der Waals surface area (Å²) in [7, 11) is 0. The van der Waals surface area contributed by atoms with E-state index in [9.17, 15) is 4.79 Å². The number of aromatic nitrogens is 1. The van der Waals surface area contributed by atoms with E-state index in [0.717, 1.165) is 16.5 Å². The number of nitrogens with zero attached hydrogens (tertiary/aromatic N) is 1. The zero-order valence-corrected chi connectivity index (χ0v) is 9.89. The average molecular weight is 242 g/mol. The third-order valence-corrected chi connectivity index (χ3v) is 2.74. The van der Waals surface area contributed by atoms with E-state index in [1.165, 1.54) is 0 Å². The Kier molecular flexibility index (Phi) is 3.66. The lowest BCUT2D eigenvalue weighted by Gasteiger charge is -2.16. The fourth-order valence-corrected chi connectivity index (χ4v) is 1.99. The number of aliphatic carboxylic acids is 1. The van der Waals surface area contributed by atoms with Crippen molar-refractivity contribution in [1.82, 2.24) is 9.88 Å². The van der Waals surface area contributed by atoms with Crippen LogP contribution >= 0.6 is 0 Å². The first-order chi connectivity index (χ1) is 8.70. The van der Waals surface area contributed by atoms with Crippen molar-refractivity contribution in [3.63, 3.8) is 0 Å². The van der Waals surface area contributed by atoms with Crippen LogP contribution in [-0.4, -0.2) is 34.0 Å². The Labute approximate surface area is 105 Å². The molecule has 0 saturated heterocycles. The van der Waals surface area contributed by atoms with Crippen LogP contribution in [0.1, 0.15) is 5.56 Å². The Morgan fingerprint density at radius 1 is 1.44 bits per heavy atom. The summed E-state index contributed by atoms with van der Waals surface area (Å²) in [5.41, 5.74) is 2.10. The quantitative estimate of drug-likeness (QED) is 0.784. The summed E-state index contributed by atoms with van der Waals surface area (Å²) < 4.78 is 0. The van der Waals surface area contributed by atoms with Crippen LogP contribution in [0.5, 0.6) is 0 Å². The van der Waals surface area contributed by atoms with E-state index in [-0.39, 0.29) is 6.54 Å². The van der Waals surface area contributed by atoms with Crippen LogP contribution in [0.15, 0.2) is 30.5 Å². The molecule has 0 bridgehead atoms. The van der Waals surface area contributed by atoms with Crippen molar-refractivity contribution in [2.24, 2.45) is 0 Å². The molecule has 0 fully saturated rings. The predicted octanol–water partition coefficient (Wildman–Crippen LogP) is 1.69. The fourth-order valence-electron chi connectivity index (χ4n) is 1.99. The van der Waals surface area contributed by atoms with Crippen LogP contribution in [-0.2, 0) is 11.3 Å². The van der Waals surface area contributed by atoms with Crippen molar-refractivity contribution < 1.29 is 9.90 Å². The fraction of sp³-hybridized carbons (Fsp3) is 0.214. The molecule has 1 aromatic carbocycles. The summed E-state index contributed by atoms with van der Waals surface area (Å²) in [6.45, 7) is 0.802. The largest absolute Gasteiger partial charge is 0.480 e. The van der Waals surface area contributed by atoms with Crippen LogP contribution in [0.25, 0.3) is 10.9 Å². The van der Waals surface area contributed by atoms with Crippen LogP contribution in [0.2, 0.25) is 0 Å². The maximum atomic E-state index is 10.8.